The smallest absolute Gasteiger partial charge is 0.226 e. The van der Waals surface area contributed by atoms with Gasteiger partial charge in [0.1, 0.15) is 0 Å². The summed E-state index contributed by atoms with van der Waals surface area (Å²) in [5.74, 6) is 0.696. The van der Waals surface area contributed by atoms with Crippen LogP contribution in [0.2, 0.25) is 0 Å². The molecule has 0 bridgehead atoms. The topological polar surface area (TPSA) is 32.3 Å². The molecule has 1 N–H and O–H groups in total. The molecule has 16 heavy (non-hydrogen) atoms. The van der Waals surface area contributed by atoms with Crippen LogP contribution in [0.4, 0.5) is 0 Å². The van der Waals surface area contributed by atoms with Crippen molar-refractivity contribution >= 4 is 5.91 Å². The molecule has 1 aliphatic carbocycles. The fourth-order valence-electron chi connectivity index (χ4n) is 2.80. The van der Waals surface area contributed by atoms with E-state index in [9.17, 15) is 4.79 Å². The zero-order valence-electron chi connectivity index (χ0n) is 10.8. The quantitative estimate of drug-likeness (QED) is 0.790. The van der Waals surface area contributed by atoms with Gasteiger partial charge in [-0.25, -0.2) is 0 Å². The summed E-state index contributed by atoms with van der Waals surface area (Å²) in [6.07, 6.45) is 3.31. The molecule has 1 aliphatic heterocycles. The van der Waals surface area contributed by atoms with Crippen LogP contribution >= 0.6 is 0 Å². The van der Waals surface area contributed by atoms with Crippen LogP contribution in [0.15, 0.2) is 0 Å². The molecule has 0 spiro atoms. The molecule has 1 saturated carbocycles. The van der Waals surface area contributed by atoms with Crippen LogP contribution in [0.5, 0.6) is 0 Å². The van der Waals surface area contributed by atoms with E-state index in [1.807, 2.05) is 0 Å². The van der Waals surface area contributed by atoms with Gasteiger partial charge in [-0.2, -0.15) is 0 Å². The Labute approximate surface area is 98.6 Å². The van der Waals surface area contributed by atoms with Gasteiger partial charge in [-0.05, 0) is 44.7 Å². The Morgan fingerprint density at radius 3 is 2.38 bits per heavy atom. The highest BCUT2D eigenvalue weighted by Crippen LogP contribution is 2.52. The van der Waals surface area contributed by atoms with Crippen LogP contribution in [-0.2, 0) is 4.79 Å². The van der Waals surface area contributed by atoms with E-state index in [2.05, 4.69) is 31.0 Å². The van der Waals surface area contributed by atoms with Crippen molar-refractivity contribution in [1.29, 1.82) is 0 Å². The maximum absolute atomic E-state index is 12.4. The Bertz CT molecular complexity index is 269. The van der Waals surface area contributed by atoms with Gasteiger partial charge in [0, 0.05) is 18.5 Å². The molecule has 1 amide bonds. The highest BCUT2D eigenvalue weighted by atomic mass is 16.2. The molecule has 92 valence electrons. The number of amides is 1. The lowest BCUT2D eigenvalue weighted by Crippen LogP contribution is -2.47. The van der Waals surface area contributed by atoms with Crippen molar-refractivity contribution in [2.75, 3.05) is 19.6 Å². The summed E-state index contributed by atoms with van der Waals surface area (Å²) in [5, 5.41) is 3.36. The average Bonchev–Trinajstić information content (AvgIpc) is 2.90. The number of carbonyl (C=O) groups excluding carboxylic acids is 1. The SMILES string of the molecule is CCN(C(=O)C1CC1(C)C)C1CCNCC1. The first-order chi connectivity index (χ1) is 7.56. The summed E-state index contributed by atoms with van der Waals surface area (Å²) < 4.78 is 0. The van der Waals surface area contributed by atoms with Gasteiger partial charge in [-0.1, -0.05) is 13.8 Å². The number of carbonyl (C=O) groups is 1. The standard InChI is InChI=1S/C13H24N2O/c1-4-15(10-5-7-14-8-6-10)12(16)11-9-13(11,2)3/h10-11,14H,4-9H2,1-3H3. The fraction of sp³-hybridized carbons (Fsp3) is 0.923. The minimum Gasteiger partial charge on any atom is -0.340 e. The molecule has 2 rings (SSSR count). The summed E-state index contributed by atoms with van der Waals surface area (Å²) >= 11 is 0. The summed E-state index contributed by atoms with van der Waals surface area (Å²) in [6, 6.07) is 0.482. The molecular formula is C13H24N2O. The second kappa shape index (κ2) is 4.36. The third-order valence-corrected chi connectivity index (χ3v) is 4.18. The Morgan fingerprint density at radius 2 is 1.94 bits per heavy atom. The lowest BCUT2D eigenvalue weighted by Gasteiger charge is -2.34. The molecule has 2 fully saturated rings. The molecule has 2 aliphatic rings. The second-order valence-corrected chi connectivity index (χ2v) is 5.85. The average molecular weight is 224 g/mol. The Morgan fingerprint density at radius 1 is 1.38 bits per heavy atom. The van der Waals surface area contributed by atoms with E-state index in [0.717, 1.165) is 38.9 Å². The molecular weight excluding hydrogens is 200 g/mol. The molecule has 1 atom stereocenters. The van der Waals surface area contributed by atoms with E-state index in [4.69, 9.17) is 0 Å². The predicted molar refractivity (Wildman–Crippen MR) is 65.2 cm³/mol. The minimum atomic E-state index is 0.261. The highest BCUT2D eigenvalue weighted by molar-refractivity contribution is 5.82. The van der Waals surface area contributed by atoms with Crippen molar-refractivity contribution < 1.29 is 4.79 Å². The lowest BCUT2D eigenvalue weighted by atomic mass is 10.0. The number of hydrogen-bond acceptors (Lipinski definition) is 2. The second-order valence-electron chi connectivity index (χ2n) is 5.85. The monoisotopic (exact) mass is 224 g/mol. The van der Waals surface area contributed by atoms with Crippen molar-refractivity contribution in [3.63, 3.8) is 0 Å². The van der Waals surface area contributed by atoms with E-state index in [0.29, 0.717) is 17.9 Å². The molecule has 1 saturated heterocycles. The Hall–Kier alpha value is -0.570. The van der Waals surface area contributed by atoms with E-state index in [1.54, 1.807) is 0 Å². The van der Waals surface area contributed by atoms with Crippen molar-refractivity contribution in [3.05, 3.63) is 0 Å². The molecule has 3 nitrogen and oxygen atoms in total. The Balaban J connectivity index is 1.96. The van der Waals surface area contributed by atoms with Crippen LogP contribution in [0.25, 0.3) is 0 Å². The Kier molecular flexibility index (Phi) is 3.24. The van der Waals surface area contributed by atoms with Crippen LogP contribution < -0.4 is 5.32 Å². The van der Waals surface area contributed by atoms with Crippen LogP contribution in [0.3, 0.4) is 0 Å². The normalized spacial score (nSPS) is 28.8. The van der Waals surface area contributed by atoms with Crippen molar-refractivity contribution in [2.45, 2.75) is 46.1 Å². The summed E-state index contributed by atoms with van der Waals surface area (Å²) in [6.45, 7) is 9.49. The number of piperidine rings is 1. The molecule has 0 radical (unpaired) electrons. The lowest BCUT2D eigenvalue weighted by molar-refractivity contribution is -0.136. The fourth-order valence-corrected chi connectivity index (χ4v) is 2.80. The van der Waals surface area contributed by atoms with E-state index in [1.165, 1.54) is 0 Å². The van der Waals surface area contributed by atoms with Gasteiger partial charge in [0.2, 0.25) is 5.91 Å². The number of rotatable bonds is 3. The largest absolute Gasteiger partial charge is 0.340 e. The molecule has 1 unspecified atom stereocenters. The van der Waals surface area contributed by atoms with Crippen LogP contribution in [0.1, 0.15) is 40.0 Å². The molecule has 3 heteroatoms. The maximum atomic E-state index is 12.4. The van der Waals surface area contributed by atoms with Gasteiger partial charge in [0.05, 0.1) is 0 Å². The molecule has 0 aromatic heterocycles. The molecule has 0 aromatic rings. The zero-order chi connectivity index (χ0) is 11.8. The predicted octanol–water partition coefficient (Wildman–Crippen LogP) is 1.63. The number of nitrogens with one attached hydrogen (secondary N) is 1. The van der Waals surface area contributed by atoms with Gasteiger partial charge in [-0.15, -0.1) is 0 Å². The van der Waals surface area contributed by atoms with Crippen molar-refractivity contribution in [2.24, 2.45) is 11.3 Å². The number of nitrogens with zero attached hydrogens (tertiary/aromatic N) is 1. The zero-order valence-corrected chi connectivity index (χ0v) is 10.8. The van der Waals surface area contributed by atoms with Crippen molar-refractivity contribution in [1.82, 2.24) is 10.2 Å². The summed E-state index contributed by atoms with van der Waals surface area (Å²) in [5.41, 5.74) is 0.261. The van der Waals surface area contributed by atoms with E-state index < -0.39 is 0 Å². The third kappa shape index (κ3) is 2.24. The first-order valence-corrected chi connectivity index (χ1v) is 6.57. The summed E-state index contributed by atoms with van der Waals surface area (Å²) in [7, 11) is 0. The van der Waals surface area contributed by atoms with Crippen LogP contribution in [-0.4, -0.2) is 36.5 Å². The van der Waals surface area contributed by atoms with Crippen LogP contribution in [0, 0.1) is 11.3 Å². The minimum absolute atomic E-state index is 0.261. The molecule has 0 aromatic carbocycles. The first-order valence-electron chi connectivity index (χ1n) is 6.57. The third-order valence-electron chi connectivity index (χ3n) is 4.18. The van der Waals surface area contributed by atoms with Gasteiger partial charge in [-0.3, -0.25) is 4.79 Å². The van der Waals surface area contributed by atoms with Gasteiger partial charge >= 0.3 is 0 Å². The molecule has 1 heterocycles. The number of hydrogen-bond donors (Lipinski definition) is 1. The van der Waals surface area contributed by atoms with Gasteiger partial charge in [0.15, 0.2) is 0 Å². The summed E-state index contributed by atoms with van der Waals surface area (Å²) in [4.78, 5) is 14.5. The van der Waals surface area contributed by atoms with Gasteiger partial charge < -0.3 is 10.2 Å². The van der Waals surface area contributed by atoms with E-state index in [-0.39, 0.29) is 5.41 Å². The highest BCUT2D eigenvalue weighted by Gasteiger charge is 2.52. The van der Waals surface area contributed by atoms with E-state index >= 15 is 0 Å². The first kappa shape index (κ1) is 11.9. The van der Waals surface area contributed by atoms with Crippen molar-refractivity contribution in [3.8, 4) is 0 Å². The van der Waals surface area contributed by atoms with Gasteiger partial charge in [0.25, 0.3) is 0 Å². The maximum Gasteiger partial charge on any atom is 0.226 e.